The molecule has 1 atom stereocenters. The molecule has 5 rings (SSSR count). The molecular weight excluding hydrogens is 344 g/mol. The minimum Gasteiger partial charge on any atom is -0.489 e. The normalized spacial score (nSPS) is 29.3. The predicted octanol–water partition coefficient (Wildman–Crippen LogP) is 2.64. The molecule has 116 valence electrons. The second-order valence-corrected chi connectivity index (χ2v) is 7.15. The quantitative estimate of drug-likeness (QED) is 0.879. The summed E-state index contributed by atoms with van der Waals surface area (Å²) < 4.78 is 6.57. The first-order valence-corrected chi connectivity index (χ1v) is 8.66. The fourth-order valence-corrected chi connectivity index (χ4v) is 4.12. The van der Waals surface area contributed by atoms with Gasteiger partial charge in [0, 0.05) is 28.2 Å². The summed E-state index contributed by atoms with van der Waals surface area (Å²) in [7, 11) is 0. The van der Waals surface area contributed by atoms with E-state index < -0.39 is 0 Å². The maximum atomic E-state index is 12.6. The molecule has 3 saturated heterocycles. The first-order valence-electron chi connectivity index (χ1n) is 7.87. The Labute approximate surface area is 138 Å². The number of carbonyl (C=O) groups excluding carboxylic acids is 1. The van der Waals surface area contributed by atoms with Crippen LogP contribution in [0.2, 0.25) is 0 Å². The molecule has 1 aromatic rings. The molecule has 0 unspecified atom stereocenters. The Bertz CT molecular complexity index is 636. The smallest absolute Gasteiger partial charge is 0.251 e. The van der Waals surface area contributed by atoms with Crippen molar-refractivity contribution < 1.29 is 9.53 Å². The van der Waals surface area contributed by atoms with Crippen LogP contribution in [-0.4, -0.2) is 43.1 Å². The van der Waals surface area contributed by atoms with Crippen molar-refractivity contribution >= 4 is 26.3 Å². The number of hydrogen-bond acceptors (Lipinski definition) is 3. The summed E-state index contributed by atoms with van der Waals surface area (Å²) in [6.45, 7) is 3.93. The van der Waals surface area contributed by atoms with Crippen molar-refractivity contribution in [3.63, 3.8) is 0 Å². The van der Waals surface area contributed by atoms with Gasteiger partial charge in [0.2, 0.25) is 0 Å². The van der Waals surface area contributed by atoms with E-state index in [1.165, 1.54) is 25.9 Å². The van der Waals surface area contributed by atoms with Gasteiger partial charge in [-0.25, -0.2) is 0 Å². The molecule has 22 heavy (non-hydrogen) atoms. The second-order valence-electron chi connectivity index (χ2n) is 6.29. The van der Waals surface area contributed by atoms with Gasteiger partial charge in [-0.2, -0.15) is 0 Å². The van der Waals surface area contributed by atoms with Crippen molar-refractivity contribution in [2.24, 2.45) is 5.92 Å². The fraction of sp³-hybridized carbons (Fsp3) is 0.471. The van der Waals surface area contributed by atoms with Crippen LogP contribution in [0, 0.1) is 5.92 Å². The van der Waals surface area contributed by atoms with Gasteiger partial charge >= 0.3 is 0 Å². The number of amides is 1. The number of rotatable bonds is 2. The third-order valence-electron chi connectivity index (χ3n) is 4.97. The van der Waals surface area contributed by atoms with Crippen LogP contribution in [0.3, 0.4) is 0 Å². The van der Waals surface area contributed by atoms with E-state index in [-0.39, 0.29) is 5.91 Å². The lowest BCUT2D eigenvalue weighted by Crippen LogP contribution is -2.57. The minimum atomic E-state index is 0.0208. The lowest BCUT2D eigenvalue weighted by Gasteiger charge is -2.44. The minimum absolute atomic E-state index is 0.0208. The highest BCUT2D eigenvalue weighted by atomic mass is 79.9. The van der Waals surface area contributed by atoms with Crippen LogP contribution in [0.5, 0.6) is 5.75 Å². The summed E-state index contributed by atoms with van der Waals surface area (Å²) in [5, 5.41) is 3.23. The molecule has 0 radical (unpaired) electrons. The zero-order valence-electron chi connectivity index (χ0n) is 12.3. The van der Waals surface area contributed by atoms with Gasteiger partial charge < -0.3 is 15.0 Å². The second kappa shape index (κ2) is 5.70. The molecule has 0 aliphatic carbocycles. The molecule has 4 heterocycles. The van der Waals surface area contributed by atoms with E-state index in [1.807, 2.05) is 24.3 Å². The Balaban J connectivity index is 1.51. The van der Waals surface area contributed by atoms with Crippen LogP contribution in [0.4, 0.5) is 0 Å². The van der Waals surface area contributed by atoms with Gasteiger partial charge in [-0.3, -0.25) is 4.79 Å². The Morgan fingerprint density at radius 2 is 2.14 bits per heavy atom. The van der Waals surface area contributed by atoms with Crippen LogP contribution < -0.4 is 10.1 Å². The SMILES string of the molecule is O=C(N[C@H]1CN2CCC1CC2)c1ccc2c(c1)C(Br)=CCO2. The van der Waals surface area contributed by atoms with Gasteiger partial charge in [0.25, 0.3) is 5.91 Å². The van der Waals surface area contributed by atoms with E-state index in [1.54, 1.807) is 0 Å². The van der Waals surface area contributed by atoms with Crippen LogP contribution in [0.1, 0.15) is 28.8 Å². The number of fused-ring (bicyclic) bond motifs is 4. The van der Waals surface area contributed by atoms with Crippen LogP contribution >= 0.6 is 15.9 Å². The Kier molecular flexibility index (Phi) is 3.70. The molecule has 1 aromatic carbocycles. The number of nitrogens with zero attached hydrogens (tertiary/aromatic N) is 1. The van der Waals surface area contributed by atoms with Gasteiger partial charge in [-0.05, 0) is 56.1 Å². The average Bonchev–Trinajstić information content (AvgIpc) is 2.56. The van der Waals surface area contributed by atoms with Crippen LogP contribution in [0.25, 0.3) is 4.48 Å². The molecule has 4 aliphatic rings. The lowest BCUT2D eigenvalue weighted by molar-refractivity contribution is 0.0620. The largest absolute Gasteiger partial charge is 0.489 e. The van der Waals surface area contributed by atoms with Gasteiger partial charge in [-0.1, -0.05) is 15.9 Å². The molecule has 3 fully saturated rings. The molecule has 5 heteroatoms. The molecule has 0 aromatic heterocycles. The third kappa shape index (κ3) is 2.57. The maximum absolute atomic E-state index is 12.6. The van der Waals surface area contributed by atoms with Gasteiger partial charge in [0.05, 0.1) is 0 Å². The third-order valence-corrected chi connectivity index (χ3v) is 5.72. The Morgan fingerprint density at radius 3 is 2.86 bits per heavy atom. The van der Waals surface area contributed by atoms with Crippen molar-refractivity contribution in [2.75, 3.05) is 26.2 Å². The van der Waals surface area contributed by atoms with E-state index >= 15 is 0 Å². The van der Waals surface area contributed by atoms with Crippen molar-refractivity contribution in [1.82, 2.24) is 10.2 Å². The number of piperidine rings is 3. The predicted molar refractivity (Wildman–Crippen MR) is 89.3 cm³/mol. The summed E-state index contributed by atoms with van der Waals surface area (Å²) in [5.41, 5.74) is 1.65. The highest BCUT2D eigenvalue weighted by Crippen LogP contribution is 2.34. The summed E-state index contributed by atoms with van der Waals surface area (Å²) in [6.07, 6.45) is 4.38. The summed E-state index contributed by atoms with van der Waals surface area (Å²) in [4.78, 5) is 15.0. The number of carbonyl (C=O) groups is 1. The highest BCUT2D eigenvalue weighted by Gasteiger charge is 2.35. The number of benzene rings is 1. The molecule has 0 spiro atoms. The molecule has 4 aliphatic heterocycles. The average molecular weight is 363 g/mol. The summed E-state index contributed by atoms with van der Waals surface area (Å²) >= 11 is 3.54. The maximum Gasteiger partial charge on any atom is 0.251 e. The molecule has 2 bridgehead atoms. The Morgan fingerprint density at radius 1 is 1.32 bits per heavy atom. The number of halogens is 1. The van der Waals surface area contributed by atoms with E-state index in [4.69, 9.17) is 4.74 Å². The van der Waals surface area contributed by atoms with Crippen molar-refractivity contribution in [3.05, 3.63) is 35.4 Å². The molecule has 0 saturated carbocycles. The summed E-state index contributed by atoms with van der Waals surface area (Å²) in [6, 6.07) is 5.93. The molecule has 1 amide bonds. The van der Waals surface area contributed by atoms with Gasteiger partial charge in [-0.15, -0.1) is 0 Å². The lowest BCUT2D eigenvalue weighted by atomic mass is 9.84. The molecule has 1 N–H and O–H groups in total. The standard InChI is InChI=1S/C17H19BrN2O2/c18-14-5-8-22-16-2-1-12(9-13(14)16)17(21)19-15-10-20-6-3-11(15)4-7-20/h1-2,5,9,11,15H,3-4,6-8,10H2,(H,19,21)/t15-/m0/s1. The van der Waals surface area contributed by atoms with Crippen LogP contribution in [-0.2, 0) is 0 Å². The zero-order chi connectivity index (χ0) is 15.1. The fourth-order valence-electron chi connectivity index (χ4n) is 3.68. The highest BCUT2D eigenvalue weighted by molar-refractivity contribution is 9.15. The first-order chi connectivity index (χ1) is 10.7. The molecule has 4 nitrogen and oxygen atoms in total. The van der Waals surface area contributed by atoms with Gasteiger partial charge in [0.15, 0.2) is 0 Å². The van der Waals surface area contributed by atoms with Crippen LogP contribution in [0.15, 0.2) is 24.3 Å². The Hall–Kier alpha value is -1.33. The van der Waals surface area contributed by atoms with E-state index in [2.05, 4.69) is 26.1 Å². The number of hydrogen-bond donors (Lipinski definition) is 1. The van der Waals surface area contributed by atoms with Crippen molar-refractivity contribution in [1.29, 1.82) is 0 Å². The van der Waals surface area contributed by atoms with Crippen molar-refractivity contribution in [3.8, 4) is 5.75 Å². The van der Waals surface area contributed by atoms with Gasteiger partial charge in [0.1, 0.15) is 12.4 Å². The topological polar surface area (TPSA) is 41.6 Å². The zero-order valence-corrected chi connectivity index (χ0v) is 13.9. The van der Waals surface area contributed by atoms with Crippen molar-refractivity contribution in [2.45, 2.75) is 18.9 Å². The monoisotopic (exact) mass is 362 g/mol. The first kappa shape index (κ1) is 14.3. The number of ether oxygens (including phenoxy) is 1. The summed E-state index contributed by atoms with van der Waals surface area (Å²) in [5.74, 6) is 1.49. The van der Waals surface area contributed by atoms with E-state index in [0.717, 1.165) is 22.3 Å². The van der Waals surface area contributed by atoms with E-state index in [9.17, 15) is 4.79 Å². The number of nitrogens with one attached hydrogen (secondary N) is 1. The molecular formula is C17H19BrN2O2. The van der Waals surface area contributed by atoms with E-state index in [0.29, 0.717) is 24.1 Å².